The minimum absolute atomic E-state index is 0.0150. The fraction of sp³-hybridized carbons (Fsp3) is 0.529. The summed E-state index contributed by atoms with van der Waals surface area (Å²) in [5.41, 5.74) is 8.99. The molecule has 0 spiro atoms. The van der Waals surface area contributed by atoms with Crippen LogP contribution in [0.25, 0.3) is 0 Å². The minimum atomic E-state index is 0.0150. The van der Waals surface area contributed by atoms with Crippen LogP contribution < -0.4 is 11.1 Å². The molecule has 1 aromatic rings. The molecule has 3 N–H and O–H groups in total. The van der Waals surface area contributed by atoms with Crippen LogP contribution in [0.1, 0.15) is 53.1 Å². The molecule has 1 aliphatic rings. The van der Waals surface area contributed by atoms with Gasteiger partial charge in [-0.05, 0) is 25.8 Å². The molecule has 0 radical (unpaired) electrons. The number of aromatic nitrogens is 1. The van der Waals surface area contributed by atoms with Crippen LogP contribution in [0, 0.1) is 5.92 Å². The number of pyridine rings is 1. The molecule has 1 unspecified atom stereocenters. The number of hydrogen-bond acceptors (Lipinski definition) is 4. The first kappa shape index (κ1) is 18.0. The fourth-order valence-corrected chi connectivity index (χ4v) is 2.83. The van der Waals surface area contributed by atoms with Crippen molar-refractivity contribution in [2.75, 3.05) is 12.3 Å². The Bertz CT molecular complexity index is 551. The molecule has 0 fully saturated rings. The van der Waals surface area contributed by atoms with Gasteiger partial charge in [-0.2, -0.15) is 0 Å². The summed E-state index contributed by atoms with van der Waals surface area (Å²) < 4.78 is 0. The molecule has 1 aliphatic heterocycles. The van der Waals surface area contributed by atoms with Crippen molar-refractivity contribution in [2.24, 2.45) is 5.92 Å². The minimum Gasteiger partial charge on any atom is -0.383 e. The Morgan fingerprint density at radius 3 is 2.50 bits per heavy atom. The molecule has 0 saturated carbocycles. The molecule has 1 atom stereocenters. The lowest BCUT2D eigenvalue weighted by molar-refractivity contribution is -0.122. The second-order valence-corrected chi connectivity index (χ2v) is 5.49. The number of anilines is 1. The number of carbonyl (C=O) groups excluding carboxylic acids is 1. The molecule has 5 nitrogen and oxygen atoms in total. The zero-order valence-corrected chi connectivity index (χ0v) is 14.5. The molecule has 2 heterocycles. The summed E-state index contributed by atoms with van der Waals surface area (Å²) in [6.07, 6.45) is 1.68. The third-order valence-corrected chi connectivity index (χ3v) is 3.67. The number of nitrogens with one attached hydrogen (secondary N) is 1. The van der Waals surface area contributed by atoms with E-state index in [0.29, 0.717) is 18.3 Å². The molecule has 2 rings (SSSR count). The number of allylic oxidation sites excluding steroid dienone is 2. The van der Waals surface area contributed by atoms with Crippen molar-refractivity contribution in [3.05, 3.63) is 35.3 Å². The van der Waals surface area contributed by atoms with E-state index >= 15 is 0 Å². The average Bonchev–Trinajstić information content (AvgIpc) is 2.47. The predicted octanol–water partition coefficient (Wildman–Crippen LogP) is 3.07. The van der Waals surface area contributed by atoms with Crippen molar-refractivity contribution in [1.82, 2.24) is 15.2 Å². The van der Waals surface area contributed by atoms with E-state index in [-0.39, 0.29) is 11.9 Å². The van der Waals surface area contributed by atoms with Crippen molar-refractivity contribution < 1.29 is 4.79 Å². The second-order valence-electron chi connectivity index (χ2n) is 5.49. The molecule has 122 valence electrons. The van der Waals surface area contributed by atoms with Crippen LogP contribution in [-0.4, -0.2) is 22.3 Å². The molecule has 22 heavy (non-hydrogen) atoms. The molecule has 0 bridgehead atoms. The summed E-state index contributed by atoms with van der Waals surface area (Å²) in [6, 6.07) is 3.85. The fourth-order valence-electron chi connectivity index (χ4n) is 2.83. The third kappa shape index (κ3) is 3.78. The maximum atomic E-state index is 11.8. The Morgan fingerprint density at radius 1 is 1.32 bits per heavy atom. The van der Waals surface area contributed by atoms with Crippen LogP contribution in [0.15, 0.2) is 29.7 Å². The van der Waals surface area contributed by atoms with E-state index in [0.717, 1.165) is 17.0 Å². The largest absolute Gasteiger partial charge is 0.383 e. The van der Waals surface area contributed by atoms with E-state index in [2.05, 4.69) is 36.0 Å². The van der Waals surface area contributed by atoms with Gasteiger partial charge in [0.25, 0.3) is 0 Å². The number of rotatable bonds is 3. The van der Waals surface area contributed by atoms with Crippen molar-refractivity contribution in [3.63, 3.8) is 0 Å². The molecule has 0 aliphatic carbocycles. The first-order valence-electron chi connectivity index (χ1n) is 7.89. The van der Waals surface area contributed by atoms with Gasteiger partial charge in [0.1, 0.15) is 5.82 Å². The molecular weight excluding hydrogens is 276 g/mol. The number of nitrogen functional groups attached to an aromatic ring is 1. The monoisotopic (exact) mass is 304 g/mol. The Hall–Kier alpha value is -2.04. The van der Waals surface area contributed by atoms with Gasteiger partial charge in [0, 0.05) is 23.2 Å². The summed E-state index contributed by atoms with van der Waals surface area (Å²) in [7, 11) is 0. The number of carbonyl (C=O) groups is 1. The van der Waals surface area contributed by atoms with Gasteiger partial charge in [-0.25, -0.2) is 4.98 Å². The van der Waals surface area contributed by atoms with E-state index in [1.165, 1.54) is 0 Å². The lowest BCUT2D eigenvalue weighted by atomic mass is 10.00. The molecule has 1 aromatic heterocycles. The van der Waals surface area contributed by atoms with Gasteiger partial charge in [-0.1, -0.05) is 33.8 Å². The summed E-state index contributed by atoms with van der Waals surface area (Å²) >= 11 is 0. The summed E-state index contributed by atoms with van der Waals surface area (Å²) in [5.74, 6) is 0.865. The SMILES string of the molecule is CC.CC1=C(C(C)C)N(C(C)c2cccnc2N)CC(=O)N1. The van der Waals surface area contributed by atoms with Crippen LogP contribution in [0.5, 0.6) is 0 Å². The predicted molar refractivity (Wildman–Crippen MR) is 90.8 cm³/mol. The third-order valence-electron chi connectivity index (χ3n) is 3.67. The van der Waals surface area contributed by atoms with Gasteiger partial charge >= 0.3 is 0 Å². The van der Waals surface area contributed by atoms with E-state index in [9.17, 15) is 4.79 Å². The normalized spacial score (nSPS) is 16.1. The van der Waals surface area contributed by atoms with Crippen molar-refractivity contribution >= 4 is 11.7 Å². The number of amides is 1. The Balaban J connectivity index is 0.00000116. The number of nitrogens with zero attached hydrogens (tertiary/aromatic N) is 2. The van der Waals surface area contributed by atoms with Crippen LogP contribution in [0.2, 0.25) is 0 Å². The summed E-state index contributed by atoms with van der Waals surface area (Å²) in [4.78, 5) is 18.1. The standard InChI is InChI=1S/C15H22N4O.C2H6/c1-9(2)14-10(3)18-13(20)8-19(14)11(4)12-6-5-7-17-15(12)16;1-2/h5-7,9,11H,8H2,1-4H3,(H2,16,17)(H,18,20);1-2H3. The Kier molecular flexibility index (Phi) is 6.40. The maximum absolute atomic E-state index is 11.8. The Morgan fingerprint density at radius 2 is 1.95 bits per heavy atom. The lowest BCUT2D eigenvalue weighted by Gasteiger charge is -2.39. The average molecular weight is 304 g/mol. The molecule has 0 aromatic carbocycles. The number of hydrogen-bond donors (Lipinski definition) is 2. The van der Waals surface area contributed by atoms with Crippen molar-refractivity contribution in [3.8, 4) is 0 Å². The highest BCUT2D eigenvalue weighted by Gasteiger charge is 2.29. The first-order valence-corrected chi connectivity index (χ1v) is 7.89. The first-order chi connectivity index (χ1) is 10.4. The Labute approximate surface area is 133 Å². The highest BCUT2D eigenvalue weighted by atomic mass is 16.2. The van der Waals surface area contributed by atoms with Crippen LogP contribution in [-0.2, 0) is 4.79 Å². The second kappa shape index (κ2) is 7.82. The van der Waals surface area contributed by atoms with Gasteiger partial charge < -0.3 is 16.0 Å². The van der Waals surface area contributed by atoms with E-state index in [1.807, 2.05) is 32.9 Å². The maximum Gasteiger partial charge on any atom is 0.243 e. The highest BCUT2D eigenvalue weighted by molar-refractivity contribution is 5.81. The zero-order chi connectivity index (χ0) is 16.9. The topological polar surface area (TPSA) is 71.2 Å². The number of nitrogens with two attached hydrogens (primary N) is 1. The van der Waals surface area contributed by atoms with E-state index in [4.69, 9.17) is 5.73 Å². The summed E-state index contributed by atoms with van der Waals surface area (Å²) in [5, 5.41) is 2.91. The quantitative estimate of drug-likeness (QED) is 0.900. The van der Waals surface area contributed by atoms with Crippen LogP contribution in [0.4, 0.5) is 5.82 Å². The van der Waals surface area contributed by atoms with Crippen molar-refractivity contribution in [2.45, 2.75) is 47.6 Å². The van der Waals surface area contributed by atoms with Gasteiger partial charge in [0.2, 0.25) is 5.91 Å². The smallest absolute Gasteiger partial charge is 0.243 e. The van der Waals surface area contributed by atoms with Crippen LogP contribution in [0.3, 0.4) is 0 Å². The van der Waals surface area contributed by atoms with Gasteiger partial charge in [0.15, 0.2) is 0 Å². The molecular formula is C17H28N4O. The van der Waals surface area contributed by atoms with E-state index < -0.39 is 0 Å². The highest BCUT2D eigenvalue weighted by Crippen LogP contribution is 2.32. The molecule has 1 amide bonds. The molecule has 0 saturated heterocycles. The zero-order valence-electron chi connectivity index (χ0n) is 14.5. The summed E-state index contributed by atoms with van der Waals surface area (Å²) in [6.45, 7) is 12.6. The van der Waals surface area contributed by atoms with E-state index in [1.54, 1.807) is 6.20 Å². The van der Waals surface area contributed by atoms with Gasteiger partial charge in [0.05, 0.1) is 12.6 Å². The van der Waals surface area contributed by atoms with Gasteiger partial charge in [-0.15, -0.1) is 0 Å². The molecule has 5 heteroatoms. The van der Waals surface area contributed by atoms with Crippen LogP contribution >= 0.6 is 0 Å². The van der Waals surface area contributed by atoms with Gasteiger partial charge in [-0.3, -0.25) is 4.79 Å². The van der Waals surface area contributed by atoms with Crippen molar-refractivity contribution in [1.29, 1.82) is 0 Å². The lowest BCUT2D eigenvalue weighted by Crippen LogP contribution is -2.45.